The minimum Gasteiger partial charge on any atom is -0.330 e. The highest BCUT2D eigenvalue weighted by Gasteiger charge is 2.29. The summed E-state index contributed by atoms with van der Waals surface area (Å²) in [4.78, 5) is 14.9. The highest BCUT2D eigenvalue weighted by Crippen LogP contribution is 2.32. The number of benzene rings is 1. The highest BCUT2D eigenvalue weighted by molar-refractivity contribution is 9.10. The van der Waals surface area contributed by atoms with Crippen LogP contribution in [0.4, 0.5) is 0 Å². The summed E-state index contributed by atoms with van der Waals surface area (Å²) < 4.78 is 3.71. The van der Waals surface area contributed by atoms with E-state index >= 15 is 0 Å². The number of halogens is 2. The van der Waals surface area contributed by atoms with Gasteiger partial charge in [0.2, 0.25) is 0 Å². The summed E-state index contributed by atoms with van der Waals surface area (Å²) >= 11 is 6.96. The van der Waals surface area contributed by atoms with Gasteiger partial charge in [0, 0.05) is 21.7 Å². The van der Waals surface area contributed by atoms with Crippen LogP contribution >= 0.6 is 31.9 Å². The Labute approximate surface area is 156 Å². The first-order chi connectivity index (χ1) is 11.5. The van der Waals surface area contributed by atoms with Crippen molar-refractivity contribution < 1.29 is 4.79 Å². The Bertz CT molecular complexity index is 951. The average molecular weight is 449 g/mol. The van der Waals surface area contributed by atoms with Gasteiger partial charge in [-0.3, -0.25) is 4.79 Å². The van der Waals surface area contributed by atoms with Gasteiger partial charge in [0.1, 0.15) is 0 Å². The van der Waals surface area contributed by atoms with Crippen molar-refractivity contribution >= 4 is 43.3 Å². The predicted octanol–water partition coefficient (Wildman–Crippen LogP) is 4.62. The topological polar surface area (TPSA) is 37.6 Å². The van der Waals surface area contributed by atoms with Gasteiger partial charge in [0.15, 0.2) is 5.69 Å². The van der Waals surface area contributed by atoms with Crippen LogP contribution in [0, 0.1) is 0 Å². The van der Waals surface area contributed by atoms with E-state index in [0.29, 0.717) is 12.2 Å². The molecule has 0 saturated carbocycles. The summed E-state index contributed by atoms with van der Waals surface area (Å²) in [6.07, 6.45) is 2.73. The van der Waals surface area contributed by atoms with E-state index in [2.05, 4.69) is 62.1 Å². The van der Waals surface area contributed by atoms with E-state index < -0.39 is 0 Å². The number of amides is 1. The zero-order valence-corrected chi connectivity index (χ0v) is 16.2. The lowest BCUT2D eigenvalue weighted by Gasteiger charge is -2.35. The molecule has 0 radical (unpaired) electrons. The maximum atomic E-state index is 13.0. The fourth-order valence-electron chi connectivity index (χ4n) is 3.28. The number of hydrogen-bond acceptors (Lipinski definition) is 2. The van der Waals surface area contributed by atoms with Crippen LogP contribution in [-0.2, 0) is 6.42 Å². The van der Waals surface area contributed by atoms with Crippen molar-refractivity contribution in [2.24, 2.45) is 0 Å². The lowest BCUT2D eigenvalue weighted by Crippen LogP contribution is -2.39. The van der Waals surface area contributed by atoms with Crippen molar-refractivity contribution in [2.75, 3.05) is 6.54 Å². The number of fused-ring (bicyclic) bond motifs is 2. The van der Waals surface area contributed by atoms with Gasteiger partial charge in [-0.15, -0.1) is 0 Å². The molecule has 1 aliphatic heterocycles. The lowest BCUT2D eigenvalue weighted by atomic mass is 9.93. The lowest BCUT2D eigenvalue weighted by molar-refractivity contribution is 0.0671. The van der Waals surface area contributed by atoms with Gasteiger partial charge >= 0.3 is 0 Å². The van der Waals surface area contributed by atoms with Gasteiger partial charge in [-0.2, -0.15) is 5.10 Å². The second kappa shape index (κ2) is 6.01. The fourth-order valence-corrected chi connectivity index (χ4v) is 3.98. The Hall–Kier alpha value is -1.66. The normalized spacial score (nSPS) is 17.1. The third-order valence-electron chi connectivity index (χ3n) is 4.55. The minimum absolute atomic E-state index is 0.0204. The predicted molar refractivity (Wildman–Crippen MR) is 100 cm³/mol. The number of aromatic nitrogens is 2. The molecule has 1 atom stereocenters. The molecule has 0 saturated heterocycles. The van der Waals surface area contributed by atoms with Crippen molar-refractivity contribution in [1.29, 1.82) is 0 Å². The molecule has 2 aromatic heterocycles. The molecular weight excluding hydrogens is 434 g/mol. The number of rotatable bonds is 1. The van der Waals surface area contributed by atoms with E-state index in [1.807, 2.05) is 29.3 Å². The summed E-state index contributed by atoms with van der Waals surface area (Å²) in [7, 11) is 0. The molecule has 4 rings (SSSR count). The first-order valence-electron chi connectivity index (χ1n) is 7.77. The van der Waals surface area contributed by atoms with Crippen LogP contribution in [0.25, 0.3) is 5.52 Å². The molecule has 24 heavy (non-hydrogen) atoms. The zero-order chi connectivity index (χ0) is 16.8. The van der Waals surface area contributed by atoms with Gasteiger partial charge in [-0.25, -0.2) is 4.52 Å². The van der Waals surface area contributed by atoms with E-state index in [1.54, 1.807) is 4.52 Å². The first kappa shape index (κ1) is 15.8. The standard InChI is InChI=1S/C18H15Br2N3O/c1-11-16-8-13(19)3-2-12(16)6-7-22(11)18(24)17-9-15-5-4-14(20)10-23(15)21-17/h2-5,8-11H,6-7H2,1H3. The number of nitrogens with zero attached hydrogens (tertiary/aromatic N) is 3. The number of hydrogen-bond donors (Lipinski definition) is 0. The van der Waals surface area contributed by atoms with Crippen LogP contribution < -0.4 is 0 Å². The minimum atomic E-state index is -0.0204. The average Bonchev–Trinajstić information content (AvgIpc) is 2.98. The van der Waals surface area contributed by atoms with Gasteiger partial charge < -0.3 is 4.90 Å². The quantitative estimate of drug-likeness (QED) is 0.544. The van der Waals surface area contributed by atoms with Gasteiger partial charge in [0.25, 0.3) is 5.91 Å². The molecular formula is C18H15Br2N3O. The molecule has 1 unspecified atom stereocenters. The smallest absolute Gasteiger partial charge is 0.274 e. The molecule has 122 valence electrons. The molecule has 0 N–H and O–H groups in total. The van der Waals surface area contributed by atoms with Gasteiger partial charge in [0.05, 0.1) is 11.6 Å². The van der Waals surface area contributed by atoms with Crippen molar-refractivity contribution in [3.05, 3.63) is 68.4 Å². The maximum absolute atomic E-state index is 13.0. The fraction of sp³-hybridized carbons (Fsp3) is 0.222. The Morgan fingerprint density at radius 1 is 1.17 bits per heavy atom. The van der Waals surface area contributed by atoms with Crippen molar-refractivity contribution in [3.8, 4) is 0 Å². The molecule has 0 aliphatic carbocycles. The third kappa shape index (κ3) is 2.67. The summed E-state index contributed by atoms with van der Waals surface area (Å²) in [5.41, 5.74) is 3.91. The van der Waals surface area contributed by atoms with Crippen molar-refractivity contribution in [3.63, 3.8) is 0 Å². The third-order valence-corrected chi connectivity index (χ3v) is 5.51. The molecule has 1 aromatic carbocycles. The molecule has 1 aliphatic rings. The molecule has 0 fully saturated rings. The van der Waals surface area contributed by atoms with Crippen LogP contribution in [0.15, 0.2) is 51.5 Å². The number of carbonyl (C=O) groups excluding carboxylic acids is 1. The summed E-state index contributed by atoms with van der Waals surface area (Å²) in [6, 6.07) is 12.1. The summed E-state index contributed by atoms with van der Waals surface area (Å²) in [5, 5.41) is 4.44. The molecule has 0 spiro atoms. The molecule has 0 bridgehead atoms. The SMILES string of the molecule is CC1c2cc(Br)ccc2CCN1C(=O)c1cc2ccc(Br)cn2n1. The summed E-state index contributed by atoms with van der Waals surface area (Å²) in [6.45, 7) is 2.79. The number of pyridine rings is 1. The number of carbonyl (C=O) groups is 1. The second-order valence-corrected chi connectivity index (χ2v) is 7.85. The van der Waals surface area contributed by atoms with E-state index in [0.717, 1.165) is 20.9 Å². The Balaban J connectivity index is 1.68. The van der Waals surface area contributed by atoms with E-state index in [1.165, 1.54) is 11.1 Å². The van der Waals surface area contributed by atoms with Gasteiger partial charge in [-0.1, -0.05) is 22.0 Å². The largest absolute Gasteiger partial charge is 0.330 e. The van der Waals surface area contributed by atoms with E-state index in [9.17, 15) is 4.79 Å². The molecule has 1 amide bonds. The first-order valence-corrected chi connectivity index (χ1v) is 9.36. The molecule has 4 nitrogen and oxygen atoms in total. The van der Waals surface area contributed by atoms with E-state index in [4.69, 9.17) is 0 Å². The van der Waals surface area contributed by atoms with Crippen LogP contribution in [0.2, 0.25) is 0 Å². The monoisotopic (exact) mass is 447 g/mol. The summed E-state index contributed by atoms with van der Waals surface area (Å²) in [5.74, 6) is -0.0204. The van der Waals surface area contributed by atoms with Crippen LogP contribution in [-0.4, -0.2) is 27.0 Å². The Morgan fingerprint density at radius 3 is 2.79 bits per heavy atom. The maximum Gasteiger partial charge on any atom is 0.274 e. The van der Waals surface area contributed by atoms with Crippen LogP contribution in [0.1, 0.15) is 34.6 Å². The second-order valence-electron chi connectivity index (χ2n) is 6.01. The van der Waals surface area contributed by atoms with E-state index in [-0.39, 0.29) is 11.9 Å². The highest BCUT2D eigenvalue weighted by atomic mass is 79.9. The Morgan fingerprint density at radius 2 is 1.96 bits per heavy atom. The Kier molecular flexibility index (Phi) is 3.96. The van der Waals surface area contributed by atoms with Crippen molar-refractivity contribution in [2.45, 2.75) is 19.4 Å². The molecule has 6 heteroatoms. The van der Waals surface area contributed by atoms with Crippen molar-refractivity contribution in [1.82, 2.24) is 14.5 Å². The molecule has 3 heterocycles. The molecule has 3 aromatic rings. The zero-order valence-electron chi connectivity index (χ0n) is 13.0. The van der Waals surface area contributed by atoms with Crippen LogP contribution in [0.5, 0.6) is 0 Å². The van der Waals surface area contributed by atoms with Crippen LogP contribution in [0.3, 0.4) is 0 Å². The van der Waals surface area contributed by atoms with Gasteiger partial charge in [-0.05, 0) is 70.7 Å².